The molecule has 3 N–H and O–H groups in total. The number of fused-ring (bicyclic) bond motifs is 2. The minimum Gasteiger partial charge on any atom is -0.396 e. The molecule has 13 heteroatoms. The predicted molar refractivity (Wildman–Crippen MR) is 179 cm³/mol. The van der Waals surface area contributed by atoms with Crippen LogP contribution in [0.1, 0.15) is 43.0 Å². The number of nitrogens with zero attached hydrogens (tertiary/aromatic N) is 4. The number of halogens is 2. The Morgan fingerprint density at radius 3 is 2.85 bits per heavy atom. The molecule has 1 aromatic heterocycles. The number of aliphatic hydroxyl groups is 1. The van der Waals surface area contributed by atoms with E-state index in [1.807, 2.05) is 49.4 Å². The van der Waals surface area contributed by atoms with E-state index in [1.165, 1.54) is 0 Å². The van der Waals surface area contributed by atoms with Crippen LogP contribution in [0.4, 0.5) is 15.5 Å². The standard InChI is InChI=1S/C33H42BrFN6O4Si/c1-21-30(46(2,3)35)29(11-14-40-20-26(12-15-42)38-39-40)45-33(21)27-17-24(34)9-10-28(27)41(32(33)44)19-22-6-4-8-25(16-22)37-31(43)23-7-5-13-36-18-23/h4,6,8-10,16-17,20-21,23,29-30,36,42H,5,7,11-15,18-19H2,1-3H3,(H,37,43)/t21-,23?,29+,30-,33+/m1/s1. The Bertz CT molecular complexity index is 1590. The SMILES string of the molecule is C[C@@H]1[C@@H]([Si](C)(C)F)[C@H](CCn2cc(CCO)nn2)O[C@@]12C(=O)N(Cc1cccc(NC(=O)C3CCCNC3)c1)c1ccc(Br)cc12. The van der Waals surface area contributed by atoms with Crippen molar-refractivity contribution in [3.05, 3.63) is 70.0 Å². The largest absolute Gasteiger partial charge is 0.396 e. The first-order valence-corrected chi connectivity index (χ1v) is 19.8. The van der Waals surface area contributed by atoms with E-state index in [1.54, 1.807) is 28.9 Å². The van der Waals surface area contributed by atoms with Gasteiger partial charge in [0.15, 0.2) is 5.60 Å². The molecule has 0 bridgehead atoms. The fourth-order valence-corrected chi connectivity index (χ4v) is 10.5. The normalized spacial score (nSPS) is 26.1. The molecule has 6 rings (SSSR count). The minimum absolute atomic E-state index is 0.00507. The van der Waals surface area contributed by atoms with Gasteiger partial charge in [-0.15, -0.1) is 5.10 Å². The zero-order valence-electron chi connectivity index (χ0n) is 26.5. The highest BCUT2D eigenvalue weighted by Gasteiger charge is 2.66. The Balaban J connectivity index is 1.27. The third kappa shape index (κ3) is 6.31. The molecule has 2 saturated heterocycles. The number of aliphatic hydroxyl groups excluding tert-OH is 1. The number of hydrogen-bond donors (Lipinski definition) is 3. The van der Waals surface area contributed by atoms with Crippen LogP contribution in [-0.4, -0.2) is 66.1 Å². The Hall–Kier alpha value is -2.97. The quantitative estimate of drug-likeness (QED) is 0.202. The molecule has 0 aliphatic carbocycles. The highest BCUT2D eigenvalue weighted by Crippen LogP contribution is 2.60. The first-order chi connectivity index (χ1) is 22.0. The second-order valence-electron chi connectivity index (χ2n) is 13.3. The lowest BCUT2D eigenvalue weighted by Gasteiger charge is -2.31. The predicted octanol–water partition coefficient (Wildman–Crippen LogP) is 4.93. The van der Waals surface area contributed by atoms with Crippen molar-refractivity contribution in [2.24, 2.45) is 11.8 Å². The molecule has 2 aromatic carbocycles. The van der Waals surface area contributed by atoms with Crippen LogP contribution < -0.4 is 15.5 Å². The minimum atomic E-state index is -3.32. The third-order valence-electron chi connectivity index (χ3n) is 9.72. The molecular weight excluding hydrogens is 671 g/mol. The summed E-state index contributed by atoms with van der Waals surface area (Å²) in [7, 11) is -3.32. The molecule has 0 radical (unpaired) electrons. The number of aromatic nitrogens is 3. The van der Waals surface area contributed by atoms with Gasteiger partial charge in [-0.1, -0.05) is 40.2 Å². The topological polar surface area (TPSA) is 122 Å². The molecule has 46 heavy (non-hydrogen) atoms. The van der Waals surface area contributed by atoms with Crippen molar-refractivity contribution in [3.63, 3.8) is 0 Å². The van der Waals surface area contributed by atoms with E-state index >= 15 is 4.11 Å². The molecule has 0 saturated carbocycles. The van der Waals surface area contributed by atoms with Crippen molar-refractivity contribution in [2.75, 3.05) is 29.9 Å². The molecule has 3 aliphatic rings. The summed E-state index contributed by atoms with van der Waals surface area (Å²) in [6, 6.07) is 13.4. The number of ether oxygens (including phenoxy) is 1. The summed E-state index contributed by atoms with van der Waals surface area (Å²) in [5.74, 6) is -0.688. The summed E-state index contributed by atoms with van der Waals surface area (Å²) in [5.41, 5.74) is 1.95. The van der Waals surface area contributed by atoms with Crippen molar-refractivity contribution in [3.8, 4) is 0 Å². The molecule has 5 atom stereocenters. The molecule has 3 aliphatic heterocycles. The molecule has 4 heterocycles. The maximum absolute atomic E-state index is 16.2. The molecule has 2 amide bonds. The van der Waals surface area contributed by atoms with Gasteiger partial charge in [-0.2, -0.15) is 0 Å². The van der Waals surface area contributed by atoms with E-state index in [-0.39, 0.29) is 30.9 Å². The van der Waals surface area contributed by atoms with Crippen LogP contribution in [0.15, 0.2) is 53.1 Å². The second-order valence-corrected chi connectivity index (χ2v) is 18.0. The lowest BCUT2D eigenvalue weighted by atomic mass is 9.82. The Labute approximate surface area is 278 Å². The first-order valence-electron chi connectivity index (χ1n) is 16.1. The highest BCUT2D eigenvalue weighted by atomic mass is 79.9. The number of piperidine rings is 1. The zero-order chi connectivity index (χ0) is 32.6. The van der Waals surface area contributed by atoms with E-state index in [4.69, 9.17) is 4.74 Å². The number of benzene rings is 2. The number of amides is 2. The van der Waals surface area contributed by atoms with E-state index in [9.17, 15) is 14.7 Å². The summed E-state index contributed by atoms with van der Waals surface area (Å²) in [6.45, 7) is 7.66. The number of rotatable bonds is 10. The lowest BCUT2D eigenvalue weighted by Crippen LogP contribution is -2.45. The van der Waals surface area contributed by atoms with E-state index in [2.05, 4.69) is 36.9 Å². The number of hydrogen-bond acceptors (Lipinski definition) is 7. The average molecular weight is 714 g/mol. The molecule has 1 spiro atoms. The fourth-order valence-electron chi connectivity index (χ4n) is 7.63. The van der Waals surface area contributed by atoms with Crippen LogP contribution in [0.25, 0.3) is 0 Å². The number of anilines is 2. The third-order valence-corrected chi connectivity index (χ3v) is 12.7. The number of carbonyl (C=O) groups is 2. The van der Waals surface area contributed by atoms with Crippen LogP contribution in [0.5, 0.6) is 0 Å². The van der Waals surface area contributed by atoms with Crippen LogP contribution in [0.3, 0.4) is 0 Å². The van der Waals surface area contributed by atoms with E-state index < -0.39 is 31.6 Å². The van der Waals surface area contributed by atoms with Crippen LogP contribution in [0.2, 0.25) is 18.6 Å². The van der Waals surface area contributed by atoms with E-state index in [0.717, 1.165) is 40.7 Å². The molecule has 2 fully saturated rings. The van der Waals surface area contributed by atoms with Gasteiger partial charge in [-0.3, -0.25) is 14.3 Å². The number of carbonyl (C=O) groups excluding carboxylic acids is 2. The molecule has 3 aromatic rings. The summed E-state index contributed by atoms with van der Waals surface area (Å²) in [4.78, 5) is 29.4. The summed E-state index contributed by atoms with van der Waals surface area (Å²) in [5, 5.41) is 23.9. The summed E-state index contributed by atoms with van der Waals surface area (Å²) in [6.07, 6.45) is 4.00. The van der Waals surface area contributed by atoms with Gasteiger partial charge in [0, 0.05) is 59.5 Å². The van der Waals surface area contributed by atoms with Crippen LogP contribution >= 0.6 is 15.9 Å². The van der Waals surface area contributed by atoms with Crippen LogP contribution in [-0.2, 0) is 39.4 Å². The highest BCUT2D eigenvalue weighted by molar-refractivity contribution is 9.10. The van der Waals surface area contributed by atoms with Gasteiger partial charge in [0.25, 0.3) is 5.91 Å². The van der Waals surface area contributed by atoms with Gasteiger partial charge >= 0.3 is 0 Å². The maximum Gasteiger partial charge on any atom is 0.264 e. The zero-order valence-corrected chi connectivity index (χ0v) is 29.1. The monoisotopic (exact) mass is 712 g/mol. The first kappa shape index (κ1) is 32.9. The Morgan fingerprint density at radius 2 is 2.11 bits per heavy atom. The molecule has 1 unspecified atom stereocenters. The smallest absolute Gasteiger partial charge is 0.264 e. The number of nitrogens with one attached hydrogen (secondary N) is 2. The fraction of sp³-hybridized carbons (Fsp3) is 0.515. The van der Waals surface area contributed by atoms with Gasteiger partial charge in [0.05, 0.1) is 29.9 Å². The van der Waals surface area contributed by atoms with Crippen molar-refractivity contribution >= 4 is 47.5 Å². The lowest BCUT2D eigenvalue weighted by molar-refractivity contribution is -0.146. The van der Waals surface area contributed by atoms with Crippen LogP contribution in [0, 0.1) is 11.8 Å². The number of aryl methyl sites for hydroxylation is 1. The Morgan fingerprint density at radius 1 is 1.28 bits per heavy atom. The molecular formula is C33H42BrFN6O4Si. The van der Waals surface area contributed by atoms with Crippen molar-refractivity contribution in [2.45, 2.75) is 76.0 Å². The Kier molecular flexibility index (Phi) is 9.50. The maximum atomic E-state index is 16.2. The van der Waals surface area contributed by atoms with Gasteiger partial charge in [-0.25, -0.2) is 0 Å². The van der Waals surface area contributed by atoms with Crippen molar-refractivity contribution in [1.29, 1.82) is 0 Å². The van der Waals surface area contributed by atoms with Gasteiger partial charge in [-0.05, 0) is 74.8 Å². The average Bonchev–Trinajstić information content (AvgIpc) is 3.67. The van der Waals surface area contributed by atoms with Gasteiger partial charge in [0.2, 0.25) is 14.3 Å². The van der Waals surface area contributed by atoms with E-state index in [0.29, 0.717) is 37.3 Å². The van der Waals surface area contributed by atoms with Crippen molar-refractivity contribution in [1.82, 2.24) is 20.3 Å². The van der Waals surface area contributed by atoms with Gasteiger partial charge < -0.3 is 29.5 Å². The molecule has 246 valence electrons. The van der Waals surface area contributed by atoms with Crippen molar-refractivity contribution < 1.29 is 23.5 Å². The summed E-state index contributed by atoms with van der Waals surface area (Å²) >= 11 is 3.60. The second kappa shape index (κ2) is 13.3. The molecule has 10 nitrogen and oxygen atoms in total. The van der Waals surface area contributed by atoms with Gasteiger partial charge in [0.1, 0.15) is 0 Å². The summed E-state index contributed by atoms with van der Waals surface area (Å²) < 4.78 is 25.6.